The molecule has 0 spiro atoms. The molecule has 2 rings (SSSR count). The van der Waals surface area contributed by atoms with Crippen LogP contribution in [0.4, 0.5) is 4.39 Å². The quantitative estimate of drug-likeness (QED) is 0.909. The molecule has 0 bridgehead atoms. The number of hydrogen-bond donors (Lipinski definition) is 1. The molecule has 2 N–H and O–H groups in total. The van der Waals surface area contributed by atoms with Crippen molar-refractivity contribution < 1.29 is 9.13 Å². The van der Waals surface area contributed by atoms with Gasteiger partial charge in [0.25, 0.3) is 0 Å². The smallest absolute Gasteiger partial charge is 0.123 e. The molecule has 0 aromatic heterocycles. The standard InChI is InChI=1S/C15H23FN2O/c1-11(17)15(12-5-7-13(16)8-6-12)18-9-3-4-14(10-18)19-2/h5-8,11,14-15H,3-4,9-10,17H2,1-2H3. The molecule has 1 fully saturated rings. The van der Waals surface area contributed by atoms with E-state index in [9.17, 15) is 4.39 Å². The predicted octanol–water partition coefficient (Wildman–Crippen LogP) is 2.32. The Kier molecular flexibility index (Phi) is 4.91. The van der Waals surface area contributed by atoms with Crippen LogP contribution < -0.4 is 5.73 Å². The number of likely N-dealkylation sites (tertiary alicyclic amines) is 1. The molecular weight excluding hydrogens is 243 g/mol. The monoisotopic (exact) mass is 266 g/mol. The van der Waals surface area contributed by atoms with Crippen molar-refractivity contribution in [3.8, 4) is 0 Å². The summed E-state index contributed by atoms with van der Waals surface area (Å²) >= 11 is 0. The molecule has 3 nitrogen and oxygen atoms in total. The Morgan fingerprint density at radius 2 is 2.05 bits per heavy atom. The zero-order chi connectivity index (χ0) is 13.8. The molecule has 4 heteroatoms. The lowest BCUT2D eigenvalue weighted by Gasteiger charge is -2.39. The third kappa shape index (κ3) is 3.53. The maximum absolute atomic E-state index is 13.0. The fourth-order valence-corrected chi connectivity index (χ4v) is 2.92. The number of nitrogens with zero attached hydrogens (tertiary/aromatic N) is 1. The lowest BCUT2D eigenvalue weighted by molar-refractivity contribution is 0.0103. The number of piperidine rings is 1. The van der Waals surface area contributed by atoms with E-state index in [1.54, 1.807) is 7.11 Å². The Balaban J connectivity index is 2.17. The van der Waals surface area contributed by atoms with Crippen LogP contribution in [-0.4, -0.2) is 37.2 Å². The lowest BCUT2D eigenvalue weighted by Crippen LogP contribution is -2.46. The molecule has 106 valence electrons. The summed E-state index contributed by atoms with van der Waals surface area (Å²) in [4.78, 5) is 2.36. The molecule has 1 aliphatic rings. The first-order chi connectivity index (χ1) is 9.11. The first-order valence-electron chi connectivity index (χ1n) is 6.89. The SMILES string of the molecule is COC1CCCN(C(c2ccc(F)cc2)C(C)N)C1. The van der Waals surface area contributed by atoms with Crippen LogP contribution in [0.1, 0.15) is 31.4 Å². The molecule has 1 saturated heterocycles. The van der Waals surface area contributed by atoms with Gasteiger partial charge in [-0.05, 0) is 44.0 Å². The van der Waals surface area contributed by atoms with Crippen LogP contribution in [0.5, 0.6) is 0 Å². The van der Waals surface area contributed by atoms with E-state index >= 15 is 0 Å². The molecule has 0 aliphatic carbocycles. The number of rotatable bonds is 4. The van der Waals surface area contributed by atoms with Gasteiger partial charge >= 0.3 is 0 Å². The minimum absolute atomic E-state index is 0.000988. The highest BCUT2D eigenvalue weighted by Crippen LogP contribution is 2.27. The van der Waals surface area contributed by atoms with Crippen LogP contribution in [-0.2, 0) is 4.74 Å². The topological polar surface area (TPSA) is 38.5 Å². The summed E-state index contributed by atoms with van der Waals surface area (Å²) in [6.45, 7) is 3.91. The molecule has 1 aliphatic heterocycles. The van der Waals surface area contributed by atoms with Gasteiger partial charge in [-0.25, -0.2) is 4.39 Å². The van der Waals surface area contributed by atoms with Gasteiger partial charge in [0.15, 0.2) is 0 Å². The molecular formula is C15H23FN2O. The fourth-order valence-electron chi connectivity index (χ4n) is 2.92. The van der Waals surface area contributed by atoms with Gasteiger partial charge in [-0.2, -0.15) is 0 Å². The van der Waals surface area contributed by atoms with E-state index in [2.05, 4.69) is 4.90 Å². The van der Waals surface area contributed by atoms with E-state index < -0.39 is 0 Å². The first kappa shape index (κ1) is 14.4. The maximum atomic E-state index is 13.0. The summed E-state index contributed by atoms with van der Waals surface area (Å²) in [5, 5.41) is 0. The van der Waals surface area contributed by atoms with E-state index in [4.69, 9.17) is 10.5 Å². The normalized spacial score (nSPS) is 24.1. The lowest BCUT2D eigenvalue weighted by atomic mass is 9.96. The van der Waals surface area contributed by atoms with Crippen molar-refractivity contribution in [2.45, 2.75) is 38.0 Å². The summed E-state index contributed by atoms with van der Waals surface area (Å²) in [6, 6.07) is 6.80. The molecule has 19 heavy (non-hydrogen) atoms. The van der Waals surface area contributed by atoms with Gasteiger partial charge in [0.2, 0.25) is 0 Å². The first-order valence-corrected chi connectivity index (χ1v) is 6.89. The summed E-state index contributed by atoms with van der Waals surface area (Å²) in [7, 11) is 1.76. The molecule has 1 aromatic rings. The molecule has 3 unspecified atom stereocenters. The number of halogens is 1. The van der Waals surface area contributed by atoms with Gasteiger partial charge in [0, 0.05) is 25.7 Å². The number of methoxy groups -OCH3 is 1. The molecule has 0 amide bonds. The highest BCUT2D eigenvalue weighted by Gasteiger charge is 2.29. The van der Waals surface area contributed by atoms with Gasteiger partial charge < -0.3 is 10.5 Å². The zero-order valence-corrected chi connectivity index (χ0v) is 11.7. The van der Waals surface area contributed by atoms with Crippen molar-refractivity contribution in [3.05, 3.63) is 35.6 Å². The molecule has 3 atom stereocenters. The van der Waals surface area contributed by atoms with Gasteiger partial charge in [-0.3, -0.25) is 4.90 Å². The third-order valence-electron chi connectivity index (χ3n) is 3.85. The predicted molar refractivity (Wildman–Crippen MR) is 74.4 cm³/mol. The van der Waals surface area contributed by atoms with Crippen molar-refractivity contribution in [3.63, 3.8) is 0 Å². The average Bonchev–Trinajstić information content (AvgIpc) is 2.41. The molecule has 1 aromatic carbocycles. The fraction of sp³-hybridized carbons (Fsp3) is 0.600. The Bertz CT molecular complexity index is 394. The number of benzene rings is 1. The van der Waals surface area contributed by atoms with E-state index in [0.717, 1.165) is 31.5 Å². The Morgan fingerprint density at radius 3 is 2.63 bits per heavy atom. The third-order valence-corrected chi connectivity index (χ3v) is 3.85. The second-order valence-electron chi connectivity index (χ2n) is 5.35. The van der Waals surface area contributed by atoms with E-state index in [0.29, 0.717) is 0 Å². The number of nitrogens with two attached hydrogens (primary N) is 1. The van der Waals surface area contributed by atoms with Gasteiger partial charge in [0.05, 0.1) is 6.10 Å². The van der Waals surface area contributed by atoms with E-state index in [1.807, 2.05) is 19.1 Å². The van der Waals surface area contributed by atoms with E-state index in [-0.39, 0.29) is 24.0 Å². The molecule has 0 radical (unpaired) electrons. The zero-order valence-electron chi connectivity index (χ0n) is 11.7. The van der Waals surface area contributed by atoms with Crippen molar-refractivity contribution in [2.75, 3.05) is 20.2 Å². The van der Waals surface area contributed by atoms with Crippen LogP contribution in [0.15, 0.2) is 24.3 Å². The average molecular weight is 266 g/mol. The summed E-state index contributed by atoms with van der Waals surface area (Å²) in [6.07, 6.45) is 2.49. The van der Waals surface area contributed by atoms with Gasteiger partial charge in [-0.15, -0.1) is 0 Å². The van der Waals surface area contributed by atoms with Crippen LogP contribution >= 0.6 is 0 Å². The van der Waals surface area contributed by atoms with Crippen molar-refractivity contribution in [1.29, 1.82) is 0 Å². The maximum Gasteiger partial charge on any atom is 0.123 e. The molecule has 0 saturated carbocycles. The van der Waals surface area contributed by atoms with Gasteiger partial charge in [0.1, 0.15) is 5.82 Å². The largest absolute Gasteiger partial charge is 0.380 e. The van der Waals surface area contributed by atoms with Crippen molar-refractivity contribution in [2.24, 2.45) is 5.73 Å². The summed E-state index contributed by atoms with van der Waals surface area (Å²) in [5.41, 5.74) is 7.23. The highest BCUT2D eigenvalue weighted by molar-refractivity contribution is 5.21. The Labute approximate surface area is 114 Å². The second kappa shape index (κ2) is 6.46. The number of ether oxygens (including phenoxy) is 1. The summed E-state index contributed by atoms with van der Waals surface area (Å²) < 4.78 is 18.5. The Hall–Kier alpha value is -0.970. The number of hydrogen-bond acceptors (Lipinski definition) is 3. The van der Waals surface area contributed by atoms with Crippen LogP contribution in [0.25, 0.3) is 0 Å². The van der Waals surface area contributed by atoms with Crippen LogP contribution in [0.3, 0.4) is 0 Å². The minimum atomic E-state index is -0.208. The van der Waals surface area contributed by atoms with Crippen molar-refractivity contribution >= 4 is 0 Å². The molecule has 1 heterocycles. The second-order valence-corrected chi connectivity index (χ2v) is 5.35. The van der Waals surface area contributed by atoms with Gasteiger partial charge in [-0.1, -0.05) is 12.1 Å². The van der Waals surface area contributed by atoms with Crippen molar-refractivity contribution in [1.82, 2.24) is 4.90 Å². The van der Waals surface area contributed by atoms with Crippen LogP contribution in [0, 0.1) is 5.82 Å². The minimum Gasteiger partial charge on any atom is -0.380 e. The van der Waals surface area contributed by atoms with E-state index in [1.165, 1.54) is 12.1 Å². The summed E-state index contributed by atoms with van der Waals surface area (Å²) in [5.74, 6) is -0.208. The Morgan fingerprint density at radius 1 is 1.37 bits per heavy atom. The van der Waals surface area contributed by atoms with Crippen LogP contribution in [0.2, 0.25) is 0 Å². The highest BCUT2D eigenvalue weighted by atomic mass is 19.1.